The molecule has 1 aliphatic rings. The molecule has 1 aromatic rings. The minimum atomic E-state index is -0.174. The van der Waals surface area contributed by atoms with Gasteiger partial charge in [0.15, 0.2) is 5.84 Å². The number of nitrogens with two attached hydrogens (primary N) is 2. The summed E-state index contributed by atoms with van der Waals surface area (Å²) in [4.78, 5) is 11.1. The van der Waals surface area contributed by atoms with Crippen molar-refractivity contribution in [3.05, 3.63) is 35.4 Å². The van der Waals surface area contributed by atoms with Crippen molar-refractivity contribution in [2.75, 3.05) is 0 Å². The first-order valence-electron chi connectivity index (χ1n) is 7.19. The number of oxime groups is 1. The summed E-state index contributed by atoms with van der Waals surface area (Å²) in [6.45, 7) is 0.766. The number of hydrogen-bond acceptors (Lipinski definition) is 4. The van der Waals surface area contributed by atoms with Gasteiger partial charge in [0.1, 0.15) is 0 Å². The Kier molecular flexibility index (Phi) is 5.16. The number of nitrogens with zero attached hydrogens (tertiary/aromatic N) is 1. The van der Waals surface area contributed by atoms with Gasteiger partial charge in [0.25, 0.3) is 0 Å². The van der Waals surface area contributed by atoms with Crippen LogP contribution in [0.2, 0.25) is 0 Å². The van der Waals surface area contributed by atoms with Gasteiger partial charge in [-0.05, 0) is 31.2 Å². The molecule has 2 rings (SSSR count). The summed E-state index contributed by atoms with van der Waals surface area (Å²) in [5, 5.41) is 15.1. The Morgan fingerprint density at radius 2 is 1.81 bits per heavy atom. The molecule has 0 saturated heterocycles. The SMILES string of the molecule is NC(=O)C1CCC(NCc2ccc(C(N)=NO)cc2)CC1. The molecule has 6 nitrogen and oxygen atoms in total. The zero-order valence-electron chi connectivity index (χ0n) is 12.0. The molecule has 114 valence electrons. The standard InChI is InChI=1S/C15H22N4O2/c16-14(19-21)11-3-1-10(2-4-11)9-18-13-7-5-12(6-8-13)15(17)20/h1-4,12-13,18,21H,5-9H2,(H2,16,19)(H2,17,20). The first-order chi connectivity index (χ1) is 10.1. The van der Waals surface area contributed by atoms with Gasteiger partial charge in [-0.15, -0.1) is 0 Å². The monoisotopic (exact) mass is 290 g/mol. The molecule has 21 heavy (non-hydrogen) atoms. The maximum Gasteiger partial charge on any atom is 0.220 e. The lowest BCUT2D eigenvalue weighted by Crippen LogP contribution is -2.36. The highest BCUT2D eigenvalue weighted by Gasteiger charge is 2.24. The predicted molar refractivity (Wildman–Crippen MR) is 80.7 cm³/mol. The smallest absolute Gasteiger partial charge is 0.220 e. The molecule has 0 aromatic heterocycles. The fourth-order valence-corrected chi connectivity index (χ4v) is 2.70. The third kappa shape index (κ3) is 4.19. The van der Waals surface area contributed by atoms with Crippen LogP contribution in [0, 0.1) is 5.92 Å². The largest absolute Gasteiger partial charge is 0.409 e. The molecule has 6 N–H and O–H groups in total. The molecule has 0 bridgehead atoms. The zero-order chi connectivity index (χ0) is 15.2. The molecule has 0 aliphatic heterocycles. The lowest BCUT2D eigenvalue weighted by molar-refractivity contribution is -0.122. The number of amidine groups is 1. The van der Waals surface area contributed by atoms with E-state index >= 15 is 0 Å². The summed E-state index contributed by atoms with van der Waals surface area (Å²) in [5.41, 5.74) is 12.7. The summed E-state index contributed by atoms with van der Waals surface area (Å²) in [6, 6.07) is 8.00. The van der Waals surface area contributed by atoms with Crippen LogP contribution >= 0.6 is 0 Å². The number of benzene rings is 1. The van der Waals surface area contributed by atoms with Gasteiger partial charge in [0.2, 0.25) is 5.91 Å². The second-order valence-corrected chi connectivity index (χ2v) is 5.51. The molecule has 0 unspecified atom stereocenters. The molecule has 1 aromatic carbocycles. The second kappa shape index (κ2) is 7.08. The zero-order valence-corrected chi connectivity index (χ0v) is 12.0. The maximum absolute atomic E-state index is 11.1. The summed E-state index contributed by atoms with van der Waals surface area (Å²) in [5.74, 6) is -0.0189. The van der Waals surface area contributed by atoms with Crippen molar-refractivity contribution in [2.45, 2.75) is 38.3 Å². The van der Waals surface area contributed by atoms with Gasteiger partial charge in [0.05, 0.1) is 0 Å². The van der Waals surface area contributed by atoms with Gasteiger partial charge < -0.3 is 22.0 Å². The van der Waals surface area contributed by atoms with Crippen LogP contribution in [-0.2, 0) is 11.3 Å². The highest BCUT2D eigenvalue weighted by Crippen LogP contribution is 2.24. The molecule has 1 amide bonds. The van der Waals surface area contributed by atoms with Crippen LogP contribution in [0.4, 0.5) is 0 Å². The van der Waals surface area contributed by atoms with Crippen molar-refractivity contribution in [3.8, 4) is 0 Å². The van der Waals surface area contributed by atoms with Crippen LogP contribution in [0.15, 0.2) is 29.4 Å². The van der Waals surface area contributed by atoms with Crippen molar-refractivity contribution >= 4 is 11.7 Å². The van der Waals surface area contributed by atoms with Crippen molar-refractivity contribution in [1.82, 2.24) is 5.32 Å². The number of rotatable bonds is 5. The van der Waals surface area contributed by atoms with E-state index in [1.807, 2.05) is 24.3 Å². The van der Waals surface area contributed by atoms with Gasteiger partial charge in [-0.3, -0.25) is 4.79 Å². The molecule has 0 heterocycles. The van der Waals surface area contributed by atoms with E-state index < -0.39 is 0 Å². The summed E-state index contributed by atoms with van der Waals surface area (Å²) in [6.07, 6.45) is 3.70. The van der Waals surface area contributed by atoms with Crippen LogP contribution in [0.5, 0.6) is 0 Å². The van der Waals surface area contributed by atoms with E-state index in [-0.39, 0.29) is 17.7 Å². The molecule has 1 aliphatic carbocycles. The minimum absolute atomic E-state index is 0.0445. The topological polar surface area (TPSA) is 114 Å². The number of carbonyl (C=O) groups excluding carboxylic acids is 1. The van der Waals surface area contributed by atoms with Gasteiger partial charge in [-0.1, -0.05) is 29.4 Å². The highest BCUT2D eigenvalue weighted by molar-refractivity contribution is 5.96. The van der Waals surface area contributed by atoms with Crippen molar-refractivity contribution in [2.24, 2.45) is 22.5 Å². The van der Waals surface area contributed by atoms with E-state index in [2.05, 4.69) is 10.5 Å². The number of carbonyl (C=O) groups is 1. The number of primary amides is 1. The highest BCUT2D eigenvalue weighted by atomic mass is 16.4. The molecule has 0 spiro atoms. The summed E-state index contributed by atoms with van der Waals surface area (Å²) >= 11 is 0. The van der Waals surface area contributed by atoms with Crippen molar-refractivity contribution in [1.29, 1.82) is 0 Å². The average molecular weight is 290 g/mol. The quantitative estimate of drug-likeness (QED) is 0.279. The molecular formula is C15H22N4O2. The number of nitrogens with one attached hydrogen (secondary N) is 1. The second-order valence-electron chi connectivity index (χ2n) is 5.51. The number of hydrogen-bond donors (Lipinski definition) is 4. The van der Waals surface area contributed by atoms with E-state index in [4.69, 9.17) is 16.7 Å². The Balaban J connectivity index is 1.80. The average Bonchev–Trinajstić information content (AvgIpc) is 2.53. The van der Waals surface area contributed by atoms with Crippen molar-refractivity contribution in [3.63, 3.8) is 0 Å². The van der Waals surface area contributed by atoms with E-state index in [0.717, 1.165) is 37.8 Å². The van der Waals surface area contributed by atoms with Gasteiger partial charge >= 0.3 is 0 Å². The minimum Gasteiger partial charge on any atom is -0.409 e. The number of amides is 1. The van der Waals surface area contributed by atoms with E-state index in [0.29, 0.717) is 11.6 Å². The Labute approximate surface area is 124 Å². The third-order valence-corrected chi connectivity index (χ3v) is 4.08. The molecule has 1 saturated carbocycles. The molecule has 0 atom stereocenters. The molecular weight excluding hydrogens is 268 g/mol. The lowest BCUT2D eigenvalue weighted by Gasteiger charge is -2.27. The summed E-state index contributed by atoms with van der Waals surface area (Å²) in [7, 11) is 0. The first kappa shape index (κ1) is 15.3. The fraction of sp³-hybridized carbons (Fsp3) is 0.467. The Morgan fingerprint density at radius 3 is 2.33 bits per heavy atom. The Morgan fingerprint density at radius 1 is 1.19 bits per heavy atom. The van der Waals surface area contributed by atoms with Crippen LogP contribution in [-0.4, -0.2) is 23.0 Å². The molecule has 1 fully saturated rings. The van der Waals surface area contributed by atoms with Crippen LogP contribution in [0.1, 0.15) is 36.8 Å². The van der Waals surface area contributed by atoms with Crippen LogP contribution in [0.25, 0.3) is 0 Å². The first-order valence-corrected chi connectivity index (χ1v) is 7.19. The predicted octanol–water partition coefficient (Wildman–Crippen LogP) is 0.915. The van der Waals surface area contributed by atoms with E-state index in [9.17, 15) is 4.79 Å². The lowest BCUT2D eigenvalue weighted by atomic mass is 9.85. The van der Waals surface area contributed by atoms with Crippen molar-refractivity contribution < 1.29 is 10.0 Å². The maximum atomic E-state index is 11.1. The molecule has 6 heteroatoms. The van der Waals surface area contributed by atoms with Gasteiger partial charge in [-0.25, -0.2) is 0 Å². The summed E-state index contributed by atoms with van der Waals surface area (Å²) < 4.78 is 0. The van der Waals surface area contributed by atoms with E-state index in [1.165, 1.54) is 0 Å². The van der Waals surface area contributed by atoms with Gasteiger partial charge in [0, 0.05) is 24.1 Å². The molecule has 0 radical (unpaired) electrons. The normalized spacial score (nSPS) is 23.0. The third-order valence-electron chi connectivity index (χ3n) is 4.08. The van der Waals surface area contributed by atoms with Gasteiger partial charge in [-0.2, -0.15) is 0 Å². The Hall–Kier alpha value is -2.08. The van der Waals surface area contributed by atoms with Crippen LogP contribution in [0.3, 0.4) is 0 Å². The van der Waals surface area contributed by atoms with Crippen LogP contribution < -0.4 is 16.8 Å². The Bertz CT molecular complexity index is 505. The van der Waals surface area contributed by atoms with E-state index in [1.54, 1.807) is 0 Å². The fourth-order valence-electron chi connectivity index (χ4n) is 2.70.